The summed E-state index contributed by atoms with van der Waals surface area (Å²) in [6.45, 7) is 2.02. The lowest BCUT2D eigenvalue weighted by Gasteiger charge is -2.13. The molecule has 4 N–H and O–H groups in total. The van der Waals surface area contributed by atoms with E-state index < -0.39 is 6.03 Å². The number of nitrogens with two attached hydrogens (primary N) is 1. The van der Waals surface area contributed by atoms with Gasteiger partial charge in [-0.2, -0.15) is 5.10 Å². The zero-order chi connectivity index (χ0) is 20.4. The third-order valence-electron chi connectivity index (χ3n) is 3.40. The number of hydrazone groups is 1. The lowest BCUT2D eigenvalue weighted by molar-refractivity contribution is -0.118. The molecule has 0 atom stereocenters. The molecule has 0 aromatic heterocycles. The normalized spacial score (nSPS) is 10.4. The van der Waals surface area contributed by atoms with Gasteiger partial charge in [0, 0.05) is 0 Å². The van der Waals surface area contributed by atoms with Crippen molar-refractivity contribution in [2.75, 3.05) is 25.6 Å². The van der Waals surface area contributed by atoms with Gasteiger partial charge in [-0.25, -0.2) is 10.2 Å². The number of hydrogen-bond donors (Lipinski definition) is 3. The van der Waals surface area contributed by atoms with E-state index in [0.29, 0.717) is 35.1 Å². The predicted molar refractivity (Wildman–Crippen MR) is 105 cm³/mol. The summed E-state index contributed by atoms with van der Waals surface area (Å²) in [7, 11) is 1.53. The van der Waals surface area contributed by atoms with Crippen LogP contribution in [0.2, 0.25) is 0 Å². The molecular formula is C19H22N4O5. The van der Waals surface area contributed by atoms with Crippen molar-refractivity contribution in [3.8, 4) is 17.2 Å². The number of primary amides is 1. The highest BCUT2D eigenvalue weighted by Gasteiger charge is 2.11. The second-order valence-corrected chi connectivity index (χ2v) is 5.41. The fourth-order valence-electron chi connectivity index (χ4n) is 2.24. The molecule has 0 radical (unpaired) electrons. The molecule has 9 nitrogen and oxygen atoms in total. The molecule has 3 amide bonds. The van der Waals surface area contributed by atoms with Crippen LogP contribution in [0.25, 0.3) is 0 Å². The maximum atomic E-state index is 12.2. The standard InChI is InChI=1S/C19H22N4O5/c1-3-27-17-10-13(11-21-23-19(20)25)8-9-16(17)28-12-18(24)22-14-6-4-5-7-15(14)26-2/h4-11H,3,12H2,1-2H3,(H,22,24)(H3,20,23,25)/b21-11+. The predicted octanol–water partition coefficient (Wildman–Crippen LogP) is 2.11. The van der Waals surface area contributed by atoms with Crippen LogP contribution in [0.4, 0.5) is 10.5 Å². The number of para-hydroxylation sites is 2. The molecule has 0 aliphatic heterocycles. The molecule has 9 heteroatoms. The molecule has 148 valence electrons. The molecule has 0 bridgehead atoms. The van der Waals surface area contributed by atoms with Gasteiger partial charge in [0.1, 0.15) is 5.75 Å². The van der Waals surface area contributed by atoms with Gasteiger partial charge in [-0.1, -0.05) is 12.1 Å². The summed E-state index contributed by atoms with van der Waals surface area (Å²) in [5.41, 5.74) is 8.26. The summed E-state index contributed by atoms with van der Waals surface area (Å²) >= 11 is 0. The Bertz CT molecular complexity index is 854. The third kappa shape index (κ3) is 6.20. The summed E-state index contributed by atoms with van der Waals surface area (Å²) in [6, 6.07) is 11.3. The maximum Gasteiger partial charge on any atom is 0.332 e. The Hall–Kier alpha value is -3.75. The van der Waals surface area contributed by atoms with Gasteiger partial charge in [0.25, 0.3) is 5.91 Å². The lowest BCUT2D eigenvalue weighted by Crippen LogP contribution is -2.24. The number of benzene rings is 2. The van der Waals surface area contributed by atoms with Crippen LogP contribution in [0.15, 0.2) is 47.6 Å². The zero-order valence-electron chi connectivity index (χ0n) is 15.6. The monoisotopic (exact) mass is 386 g/mol. The van der Waals surface area contributed by atoms with Gasteiger partial charge in [-0.15, -0.1) is 0 Å². The average Bonchev–Trinajstić information content (AvgIpc) is 2.68. The van der Waals surface area contributed by atoms with Crippen molar-refractivity contribution in [1.29, 1.82) is 0 Å². The van der Waals surface area contributed by atoms with Crippen molar-refractivity contribution in [2.45, 2.75) is 6.92 Å². The number of nitrogens with zero attached hydrogens (tertiary/aromatic N) is 1. The van der Waals surface area contributed by atoms with E-state index in [4.69, 9.17) is 19.9 Å². The van der Waals surface area contributed by atoms with Crippen molar-refractivity contribution in [3.05, 3.63) is 48.0 Å². The number of anilines is 1. The second-order valence-electron chi connectivity index (χ2n) is 5.41. The Kier molecular flexibility index (Phi) is 7.64. The molecule has 28 heavy (non-hydrogen) atoms. The maximum absolute atomic E-state index is 12.2. The van der Waals surface area contributed by atoms with Gasteiger partial charge in [-0.3, -0.25) is 4.79 Å². The first-order valence-electron chi connectivity index (χ1n) is 8.44. The topological polar surface area (TPSA) is 124 Å². The van der Waals surface area contributed by atoms with E-state index in [1.165, 1.54) is 13.3 Å². The first-order valence-corrected chi connectivity index (χ1v) is 8.44. The fourth-order valence-corrected chi connectivity index (χ4v) is 2.24. The summed E-state index contributed by atoms with van der Waals surface area (Å²) in [5.74, 6) is 1.05. The molecule has 2 aromatic rings. The van der Waals surface area contributed by atoms with Gasteiger partial charge >= 0.3 is 6.03 Å². The number of ether oxygens (including phenoxy) is 3. The van der Waals surface area contributed by atoms with Crippen molar-refractivity contribution in [2.24, 2.45) is 10.8 Å². The lowest BCUT2D eigenvalue weighted by atomic mass is 10.2. The van der Waals surface area contributed by atoms with Crippen LogP contribution in [-0.2, 0) is 4.79 Å². The smallest absolute Gasteiger partial charge is 0.332 e. The number of amides is 3. The minimum absolute atomic E-state index is 0.214. The molecule has 0 unspecified atom stereocenters. The minimum atomic E-state index is -0.762. The molecule has 0 heterocycles. The number of rotatable bonds is 9. The number of carbonyl (C=O) groups is 2. The van der Waals surface area contributed by atoms with Crippen molar-refractivity contribution in [3.63, 3.8) is 0 Å². The fraction of sp³-hybridized carbons (Fsp3) is 0.211. The highest BCUT2D eigenvalue weighted by atomic mass is 16.5. The van der Waals surface area contributed by atoms with Crippen molar-refractivity contribution < 1.29 is 23.8 Å². The Morgan fingerprint density at radius 2 is 1.89 bits per heavy atom. The molecule has 2 rings (SSSR count). The van der Waals surface area contributed by atoms with Gasteiger partial charge in [-0.05, 0) is 42.8 Å². The van der Waals surface area contributed by atoms with E-state index in [1.807, 2.05) is 13.0 Å². The summed E-state index contributed by atoms with van der Waals surface area (Å²) in [4.78, 5) is 22.8. The van der Waals surface area contributed by atoms with Gasteiger partial charge < -0.3 is 25.3 Å². The number of urea groups is 1. The number of methoxy groups -OCH3 is 1. The summed E-state index contributed by atoms with van der Waals surface area (Å²) in [6.07, 6.45) is 1.41. The van der Waals surface area contributed by atoms with E-state index in [1.54, 1.807) is 36.4 Å². The van der Waals surface area contributed by atoms with Crippen LogP contribution < -0.4 is 30.7 Å². The van der Waals surface area contributed by atoms with Gasteiger partial charge in [0.2, 0.25) is 0 Å². The van der Waals surface area contributed by atoms with E-state index >= 15 is 0 Å². The van der Waals surface area contributed by atoms with Crippen LogP contribution in [0.1, 0.15) is 12.5 Å². The van der Waals surface area contributed by atoms with Crippen molar-refractivity contribution >= 4 is 23.8 Å². The van der Waals surface area contributed by atoms with Crippen LogP contribution >= 0.6 is 0 Å². The number of hydrogen-bond acceptors (Lipinski definition) is 6. The molecular weight excluding hydrogens is 364 g/mol. The average molecular weight is 386 g/mol. The van der Waals surface area contributed by atoms with Crippen LogP contribution in [0.3, 0.4) is 0 Å². The number of carbonyl (C=O) groups excluding carboxylic acids is 2. The molecule has 0 aliphatic rings. The third-order valence-corrected chi connectivity index (χ3v) is 3.40. The largest absolute Gasteiger partial charge is 0.495 e. The first kappa shape index (κ1) is 20.6. The zero-order valence-corrected chi connectivity index (χ0v) is 15.6. The Balaban J connectivity index is 2.02. The molecule has 2 aromatic carbocycles. The SMILES string of the molecule is CCOc1cc(/C=N/NC(N)=O)ccc1OCC(=O)Nc1ccccc1OC. The molecule has 0 saturated heterocycles. The molecule has 0 fully saturated rings. The van der Waals surface area contributed by atoms with Crippen LogP contribution in [-0.4, -0.2) is 38.5 Å². The Labute approximate surface area is 162 Å². The summed E-state index contributed by atoms with van der Waals surface area (Å²) in [5, 5.41) is 6.42. The van der Waals surface area contributed by atoms with Crippen LogP contribution in [0.5, 0.6) is 17.2 Å². The number of nitrogens with one attached hydrogen (secondary N) is 2. The van der Waals surface area contributed by atoms with E-state index in [0.717, 1.165) is 0 Å². The van der Waals surface area contributed by atoms with Crippen LogP contribution in [0, 0.1) is 0 Å². The van der Waals surface area contributed by atoms with E-state index in [2.05, 4.69) is 15.8 Å². The molecule has 0 aliphatic carbocycles. The first-order chi connectivity index (χ1) is 13.5. The summed E-state index contributed by atoms with van der Waals surface area (Å²) < 4.78 is 16.3. The highest BCUT2D eigenvalue weighted by molar-refractivity contribution is 5.93. The quantitative estimate of drug-likeness (QED) is 0.450. The Morgan fingerprint density at radius 1 is 1.11 bits per heavy atom. The molecule has 0 spiro atoms. The van der Waals surface area contributed by atoms with E-state index in [-0.39, 0.29) is 12.5 Å². The van der Waals surface area contributed by atoms with Gasteiger partial charge in [0.05, 0.1) is 25.6 Å². The Morgan fingerprint density at radius 3 is 2.61 bits per heavy atom. The van der Waals surface area contributed by atoms with E-state index in [9.17, 15) is 9.59 Å². The highest BCUT2D eigenvalue weighted by Crippen LogP contribution is 2.28. The second kappa shape index (κ2) is 10.4. The van der Waals surface area contributed by atoms with Gasteiger partial charge in [0.15, 0.2) is 18.1 Å². The van der Waals surface area contributed by atoms with Crippen molar-refractivity contribution in [1.82, 2.24) is 5.43 Å². The molecule has 0 saturated carbocycles. The minimum Gasteiger partial charge on any atom is -0.495 e.